The summed E-state index contributed by atoms with van der Waals surface area (Å²) in [6, 6.07) is 6.46. The fourth-order valence-electron chi connectivity index (χ4n) is 1.72. The van der Waals surface area contributed by atoms with Gasteiger partial charge in [-0.25, -0.2) is 0 Å². The summed E-state index contributed by atoms with van der Waals surface area (Å²) >= 11 is 0. The Morgan fingerprint density at radius 2 is 2.00 bits per heavy atom. The Labute approximate surface area is 110 Å². The van der Waals surface area contributed by atoms with Crippen LogP contribution in [0, 0.1) is 0 Å². The van der Waals surface area contributed by atoms with Crippen LogP contribution in [-0.2, 0) is 6.42 Å². The van der Waals surface area contributed by atoms with Crippen molar-refractivity contribution in [3.8, 4) is 11.5 Å². The second-order valence-electron chi connectivity index (χ2n) is 4.50. The number of methoxy groups -OCH3 is 1. The molecular weight excluding hydrogens is 226 g/mol. The largest absolute Gasteiger partial charge is 0.493 e. The molecule has 0 aliphatic rings. The molecule has 0 fully saturated rings. The zero-order chi connectivity index (χ0) is 13.4. The molecular formula is C15H25NO2. The summed E-state index contributed by atoms with van der Waals surface area (Å²) in [4.78, 5) is 0. The number of hydrogen-bond donors (Lipinski definition) is 1. The number of hydrogen-bond acceptors (Lipinski definition) is 3. The summed E-state index contributed by atoms with van der Waals surface area (Å²) in [6.45, 7) is 8.10. The summed E-state index contributed by atoms with van der Waals surface area (Å²) in [5.41, 5.74) is 1.26. The summed E-state index contributed by atoms with van der Waals surface area (Å²) in [5, 5.41) is 3.40. The second-order valence-corrected chi connectivity index (χ2v) is 4.50. The first-order chi connectivity index (χ1) is 8.71. The molecule has 102 valence electrons. The number of aryl methyl sites for hydroxylation is 1. The molecule has 1 atom stereocenters. The van der Waals surface area contributed by atoms with E-state index < -0.39 is 0 Å². The van der Waals surface area contributed by atoms with Crippen molar-refractivity contribution in [3.63, 3.8) is 0 Å². The topological polar surface area (TPSA) is 30.5 Å². The molecule has 0 saturated carbocycles. The van der Waals surface area contributed by atoms with Crippen LogP contribution in [0.4, 0.5) is 0 Å². The van der Waals surface area contributed by atoms with Crippen molar-refractivity contribution in [2.75, 3.05) is 20.3 Å². The number of benzene rings is 1. The van der Waals surface area contributed by atoms with E-state index in [9.17, 15) is 0 Å². The molecule has 3 heteroatoms. The van der Waals surface area contributed by atoms with E-state index in [4.69, 9.17) is 9.47 Å². The highest BCUT2D eigenvalue weighted by atomic mass is 16.5. The first-order valence-electron chi connectivity index (χ1n) is 6.74. The maximum absolute atomic E-state index is 5.80. The van der Waals surface area contributed by atoms with Gasteiger partial charge in [0.05, 0.1) is 7.11 Å². The number of ether oxygens (including phenoxy) is 2. The molecule has 0 aliphatic carbocycles. The van der Waals surface area contributed by atoms with Crippen molar-refractivity contribution >= 4 is 0 Å². The molecule has 0 bridgehead atoms. The van der Waals surface area contributed by atoms with Crippen molar-refractivity contribution in [1.29, 1.82) is 0 Å². The summed E-state index contributed by atoms with van der Waals surface area (Å²) in [5.74, 6) is 1.64. The van der Waals surface area contributed by atoms with Gasteiger partial charge in [0, 0.05) is 6.04 Å². The normalized spacial score (nSPS) is 12.2. The Morgan fingerprint density at radius 1 is 1.22 bits per heavy atom. The minimum atomic E-state index is 0.348. The smallest absolute Gasteiger partial charge is 0.161 e. The molecule has 0 spiro atoms. The third-order valence-corrected chi connectivity index (χ3v) is 2.87. The molecule has 3 nitrogen and oxygen atoms in total. The maximum atomic E-state index is 5.80. The first-order valence-corrected chi connectivity index (χ1v) is 6.74. The molecule has 1 N–H and O–H groups in total. The Morgan fingerprint density at radius 3 is 2.61 bits per heavy atom. The SMILES string of the molecule is CCCNC(C)COc1ccc(CC)cc1OC. The van der Waals surface area contributed by atoms with Gasteiger partial charge < -0.3 is 14.8 Å². The van der Waals surface area contributed by atoms with Crippen LogP contribution in [0.15, 0.2) is 18.2 Å². The van der Waals surface area contributed by atoms with Crippen LogP contribution in [-0.4, -0.2) is 26.3 Å². The second kappa shape index (κ2) is 7.98. The van der Waals surface area contributed by atoms with Gasteiger partial charge in [0.2, 0.25) is 0 Å². The van der Waals surface area contributed by atoms with Gasteiger partial charge in [0.25, 0.3) is 0 Å². The van der Waals surface area contributed by atoms with E-state index in [0.29, 0.717) is 12.6 Å². The summed E-state index contributed by atoms with van der Waals surface area (Å²) < 4.78 is 11.2. The van der Waals surface area contributed by atoms with E-state index in [1.54, 1.807) is 7.11 Å². The lowest BCUT2D eigenvalue weighted by Crippen LogP contribution is -2.32. The summed E-state index contributed by atoms with van der Waals surface area (Å²) in [7, 11) is 1.68. The van der Waals surface area contributed by atoms with E-state index in [2.05, 4.69) is 32.2 Å². The lowest BCUT2D eigenvalue weighted by atomic mass is 10.1. The van der Waals surface area contributed by atoms with Gasteiger partial charge in [-0.15, -0.1) is 0 Å². The van der Waals surface area contributed by atoms with Gasteiger partial charge >= 0.3 is 0 Å². The third kappa shape index (κ3) is 4.57. The molecule has 0 radical (unpaired) electrons. The van der Waals surface area contributed by atoms with Gasteiger partial charge in [0.15, 0.2) is 11.5 Å². The van der Waals surface area contributed by atoms with Crippen LogP contribution in [0.5, 0.6) is 11.5 Å². The number of nitrogens with one attached hydrogen (secondary N) is 1. The lowest BCUT2D eigenvalue weighted by molar-refractivity contribution is 0.259. The standard InChI is InChI=1S/C15H25NO2/c1-5-9-16-12(3)11-18-14-8-7-13(6-2)10-15(14)17-4/h7-8,10,12,16H,5-6,9,11H2,1-4H3. The highest BCUT2D eigenvalue weighted by Gasteiger charge is 2.07. The summed E-state index contributed by atoms with van der Waals surface area (Å²) in [6.07, 6.45) is 2.14. The zero-order valence-electron chi connectivity index (χ0n) is 12.0. The molecule has 0 amide bonds. The molecule has 1 rings (SSSR count). The van der Waals surface area contributed by atoms with E-state index in [0.717, 1.165) is 30.9 Å². The predicted octanol–water partition coefficient (Wildman–Crippen LogP) is 3.02. The fourth-order valence-corrected chi connectivity index (χ4v) is 1.72. The van der Waals surface area contributed by atoms with Crippen LogP contribution in [0.1, 0.15) is 32.8 Å². The van der Waals surface area contributed by atoms with E-state index in [1.807, 2.05) is 12.1 Å². The average Bonchev–Trinajstić information content (AvgIpc) is 2.42. The van der Waals surface area contributed by atoms with Crippen molar-refractivity contribution in [2.24, 2.45) is 0 Å². The van der Waals surface area contributed by atoms with Crippen LogP contribution in [0.2, 0.25) is 0 Å². The van der Waals surface area contributed by atoms with Crippen molar-refractivity contribution in [1.82, 2.24) is 5.32 Å². The van der Waals surface area contributed by atoms with E-state index in [1.165, 1.54) is 5.56 Å². The molecule has 1 aromatic carbocycles. The highest BCUT2D eigenvalue weighted by Crippen LogP contribution is 2.28. The first kappa shape index (κ1) is 14.8. The van der Waals surface area contributed by atoms with E-state index in [-0.39, 0.29) is 0 Å². The fraction of sp³-hybridized carbons (Fsp3) is 0.600. The van der Waals surface area contributed by atoms with Gasteiger partial charge in [-0.2, -0.15) is 0 Å². The monoisotopic (exact) mass is 251 g/mol. The quantitative estimate of drug-likeness (QED) is 0.770. The van der Waals surface area contributed by atoms with Crippen molar-refractivity contribution < 1.29 is 9.47 Å². The predicted molar refractivity (Wildman–Crippen MR) is 75.6 cm³/mol. The maximum Gasteiger partial charge on any atom is 0.161 e. The minimum absolute atomic E-state index is 0.348. The highest BCUT2D eigenvalue weighted by molar-refractivity contribution is 5.42. The third-order valence-electron chi connectivity index (χ3n) is 2.87. The van der Waals surface area contributed by atoms with Gasteiger partial charge in [0.1, 0.15) is 6.61 Å². The van der Waals surface area contributed by atoms with Crippen molar-refractivity contribution in [3.05, 3.63) is 23.8 Å². The average molecular weight is 251 g/mol. The van der Waals surface area contributed by atoms with Gasteiger partial charge in [-0.1, -0.05) is 19.9 Å². The van der Waals surface area contributed by atoms with Crippen molar-refractivity contribution in [2.45, 2.75) is 39.7 Å². The zero-order valence-corrected chi connectivity index (χ0v) is 12.0. The molecule has 0 saturated heterocycles. The number of rotatable bonds is 8. The Bertz CT molecular complexity index is 352. The van der Waals surface area contributed by atoms with E-state index >= 15 is 0 Å². The van der Waals surface area contributed by atoms with Crippen LogP contribution < -0.4 is 14.8 Å². The lowest BCUT2D eigenvalue weighted by Gasteiger charge is -2.16. The van der Waals surface area contributed by atoms with Crippen LogP contribution in [0.25, 0.3) is 0 Å². The van der Waals surface area contributed by atoms with Gasteiger partial charge in [-0.05, 0) is 44.0 Å². The molecule has 0 aliphatic heterocycles. The minimum Gasteiger partial charge on any atom is -0.493 e. The van der Waals surface area contributed by atoms with Gasteiger partial charge in [-0.3, -0.25) is 0 Å². The Kier molecular flexibility index (Phi) is 6.58. The Hall–Kier alpha value is -1.22. The van der Waals surface area contributed by atoms with Crippen LogP contribution in [0.3, 0.4) is 0 Å². The molecule has 0 heterocycles. The molecule has 1 aromatic rings. The molecule has 0 aromatic heterocycles. The molecule has 18 heavy (non-hydrogen) atoms. The Balaban J connectivity index is 2.55. The van der Waals surface area contributed by atoms with Crippen LogP contribution >= 0.6 is 0 Å². The molecule has 1 unspecified atom stereocenters.